The predicted molar refractivity (Wildman–Crippen MR) is 81.9 cm³/mol. The van der Waals surface area contributed by atoms with Gasteiger partial charge in [0.2, 0.25) is 10.0 Å². The van der Waals surface area contributed by atoms with E-state index in [0.717, 1.165) is 24.3 Å². The maximum Gasteiger partial charge on any atom is 0.240 e. The van der Waals surface area contributed by atoms with Crippen LogP contribution in [-0.4, -0.2) is 15.0 Å². The van der Waals surface area contributed by atoms with Gasteiger partial charge < -0.3 is 5.73 Å². The highest BCUT2D eigenvalue weighted by Crippen LogP contribution is 2.28. The Bertz CT molecular complexity index is 541. The molecule has 2 rings (SSSR count). The zero-order valence-electron chi connectivity index (χ0n) is 12.2. The van der Waals surface area contributed by atoms with Crippen LogP contribution in [0.1, 0.15) is 38.2 Å². The molecule has 4 nitrogen and oxygen atoms in total. The molecule has 1 saturated carbocycles. The van der Waals surface area contributed by atoms with Crippen LogP contribution in [0, 0.1) is 18.8 Å². The van der Waals surface area contributed by atoms with Gasteiger partial charge in [-0.15, -0.1) is 0 Å². The van der Waals surface area contributed by atoms with E-state index in [-0.39, 0.29) is 4.90 Å². The van der Waals surface area contributed by atoms with Gasteiger partial charge in [-0.2, -0.15) is 0 Å². The van der Waals surface area contributed by atoms with Gasteiger partial charge in [0.1, 0.15) is 0 Å². The van der Waals surface area contributed by atoms with Crippen LogP contribution in [0.2, 0.25) is 0 Å². The molecule has 1 aromatic rings. The summed E-state index contributed by atoms with van der Waals surface area (Å²) in [6, 6.07) is 4.93. The number of aryl methyl sites for hydroxylation is 1. The highest BCUT2D eigenvalue weighted by molar-refractivity contribution is 7.89. The van der Waals surface area contributed by atoms with Crippen molar-refractivity contribution in [1.29, 1.82) is 0 Å². The normalized spacial score (nSPS) is 23.7. The highest BCUT2D eigenvalue weighted by atomic mass is 32.2. The van der Waals surface area contributed by atoms with E-state index in [1.54, 1.807) is 12.1 Å². The first-order valence-electron chi connectivity index (χ1n) is 7.23. The molecule has 0 heterocycles. The van der Waals surface area contributed by atoms with Gasteiger partial charge in [-0.1, -0.05) is 19.8 Å². The van der Waals surface area contributed by atoms with Crippen LogP contribution in [0.15, 0.2) is 23.1 Å². The monoisotopic (exact) mass is 296 g/mol. The Morgan fingerprint density at radius 3 is 2.45 bits per heavy atom. The Balaban J connectivity index is 2.00. The third-order valence-electron chi connectivity index (χ3n) is 4.08. The van der Waals surface area contributed by atoms with E-state index < -0.39 is 10.0 Å². The van der Waals surface area contributed by atoms with Crippen molar-refractivity contribution >= 4 is 15.7 Å². The molecule has 3 N–H and O–H groups in total. The Labute approximate surface area is 121 Å². The number of sulfonamides is 1. The topological polar surface area (TPSA) is 72.2 Å². The largest absolute Gasteiger partial charge is 0.399 e. The maximum absolute atomic E-state index is 12.3. The second-order valence-electron chi connectivity index (χ2n) is 6.06. The molecule has 0 amide bonds. The van der Waals surface area contributed by atoms with E-state index in [1.807, 2.05) is 6.92 Å². The molecular formula is C15H24N2O2S. The number of nitrogens with one attached hydrogen (secondary N) is 1. The van der Waals surface area contributed by atoms with Crippen molar-refractivity contribution in [2.75, 3.05) is 12.3 Å². The summed E-state index contributed by atoms with van der Waals surface area (Å²) in [5, 5.41) is 0. The molecule has 0 atom stereocenters. The van der Waals surface area contributed by atoms with E-state index >= 15 is 0 Å². The van der Waals surface area contributed by atoms with Crippen molar-refractivity contribution in [3.8, 4) is 0 Å². The van der Waals surface area contributed by atoms with Crippen molar-refractivity contribution in [1.82, 2.24) is 4.72 Å². The fourth-order valence-corrected chi connectivity index (χ4v) is 4.03. The minimum atomic E-state index is -3.45. The molecule has 1 aromatic carbocycles. The summed E-state index contributed by atoms with van der Waals surface area (Å²) in [7, 11) is -3.45. The van der Waals surface area contributed by atoms with E-state index in [9.17, 15) is 8.42 Å². The lowest BCUT2D eigenvalue weighted by atomic mass is 9.83. The minimum Gasteiger partial charge on any atom is -0.399 e. The second-order valence-corrected chi connectivity index (χ2v) is 7.82. The number of anilines is 1. The fraction of sp³-hybridized carbons (Fsp3) is 0.600. The molecule has 0 saturated heterocycles. The molecule has 1 aliphatic rings. The molecule has 20 heavy (non-hydrogen) atoms. The SMILES string of the molecule is Cc1cc(N)cc(S(=O)(=O)NCC2CCC(C)CC2)c1. The lowest BCUT2D eigenvalue weighted by molar-refractivity contribution is 0.290. The first-order valence-corrected chi connectivity index (χ1v) is 8.72. The number of nitrogens with two attached hydrogens (primary N) is 1. The Morgan fingerprint density at radius 2 is 1.85 bits per heavy atom. The van der Waals surface area contributed by atoms with Crippen molar-refractivity contribution in [3.63, 3.8) is 0 Å². The van der Waals surface area contributed by atoms with E-state index in [2.05, 4.69) is 11.6 Å². The van der Waals surface area contributed by atoms with Gasteiger partial charge in [0, 0.05) is 12.2 Å². The lowest BCUT2D eigenvalue weighted by Crippen LogP contribution is -2.31. The Hall–Kier alpha value is -1.07. The fourth-order valence-electron chi connectivity index (χ4n) is 2.78. The van der Waals surface area contributed by atoms with Gasteiger partial charge in [-0.05, 0) is 55.4 Å². The molecular weight excluding hydrogens is 272 g/mol. The van der Waals surface area contributed by atoms with Crippen LogP contribution in [0.3, 0.4) is 0 Å². The van der Waals surface area contributed by atoms with Crippen LogP contribution in [0.5, 0.6) is 0 Å². The van der Waals surface area contributed by atoms with Crippen LogP contribution in [-0.2, 0) is 10.0 Å². The van der Waals surface area contributed by atoms with Gasteiger partial charge >= 0.3 is 0 Å². The molecule has 0 aromatic heterocycles. The van der Waals surface area contributed by atoms with Gasteiger partial charge in [0.15, 0.2) is 0 Å². The summed E-state index contributed by atoms with van der Waals surface area (Å²) in [4.78, 5) is 0.263. The van der Waals surface area contributed by atoms with Crippen molar-refractivity contribution < 1.29 is 8.42 Å². The molecule has 0 aliphatic heterocycles. The summed E-state index contributed by atoms with van der Waals surface area (Å²) in [6.45, 7) is 4.64. The van der Waals surface area contributed by atoms with Crippen molar-refractivity contribution in [3.05, 3.63) is 23.8 Å². The third kappa shape index (κ3) is 3.96. The van der Waals surface area contributed by atoms with E-state index in [1.165, 1.54) is 18.9 Å². The highest BCUT2D eigenvalue weighted by Gasteiger charge is 2.21. The number of rotatable bonds is 4. The van der Waals surface area contributed by atoms with Gasteiger partial charge in [-0.3, -0.25) is 0 Å². The standard InChI is InChI=1S/C15H24N2O2S/c1-11-3-5-13(6-4-11)10-17-20(18,19)15-8-12(2)7-14(16)9-15/h7-9,11,13,17H,3-6,10,16H2,1-2H3. The van der Waals surface area contributed by atoms with Gasteiger partial charge in [-0.25, -0.2) is 13.1 Å². The molecule has 0 bridgehead atoms. The molecule has 112 valence electrons. The summed E-state index contributed by atoms with van der Waals surface area (Å²) in [5.74, 6) is 1.24. The van der Waals surface area contributed by atoms with E-state index in [0.29, 0.717) is 18.2 Å². The molecule has 1 fully saturated rings. The van der Waals surface area contributed by atoms with Crippen molar-refractivity contribution in [2.24, 2.45) is 11.8 Å². The molecule has 0 radical (unpaired) electrons. The maximum atomic E-state index is 12.3. The molecule has 0 unspecified atom stereocenters. The first-order chi connectivity index (χ1) is 9.37. The predicted octanol–water partition coefficient (Wildman–Crippen LogP) is 2.68. The van der Waals surface area contributed by atoms with E-state index in [4.69, 9.17) is 5.73 Å². The summed E-state index contributed by atoms with van der Waals surface area (Å²) < 4.78 is 27.3. The third-order valence-corrected chi connectivity index (χ3v) is 5.48. The molecule has 1 aliphatic carbocycles. The van der Waals surface area contributed by atoms with Gasteiger partial charge in [0.25, 0.3) is 0 Å². The van der Waals surface area contributed by atoms with Crippen molar-refractivity contribution in [2.45, 2.75) is 44.4 Å². The Morgan fingerprint density at radius 1 is 1.20 bits per heavy atom. The minimum absolute atomic E-state index is 0.263. The first kappa shape index (κ1) is 15.3. The van der Waals surface area contributed by atoms with Crippen LogP contribution < -0.4 is 10.5 Å². The second kappa shape index (κ2) is 6.14. The number of hydrogen-bond acceptors (Lipinski definition) is 3. The summed E-state index contributed by atoms with van der Waals surface area (Å²) in [5.41, 5.74) is 7.06. The number of benzene rings is 1. The number of nitrogen functional groups attached to an aromatic ring is 1. The quantitative estimate of drug-likeness (QED) is 0.839. The zero-order chi connectivity index (χ0) is 14.8. The van der Waals surface area contributed by atoms with Crippen LogP contribution in [0.25, 0.3) is 0 Å². The summed E-state index contributed by atoms with van der Waals surface area (Å²) >= 11 is 0. The molecule has 5 heteroatoms. The smallest absolute Gasteiger partial charge is 0.240 e. The average molecular weight is 296 g/mol. The molecule has 0 spiro atoms. The van der Waals surface area contributed by atoms with Crippen LogP contribution >= 0.6 is 0 Å². The van der Waals surface area contributed by atoms with Crippen LogP contribution in [0.4, 0.5) is 5.69 Å². The average Bonchev–Trinajstić information content (AvgIpc) is 2.37. The number of hydrogen-bond donors (Lipinski definition) is 2. The van der Waals surface area contributed by atoms with Gasteiger partial charge in [0.05, 0.1) is 4.90 Å². The summed E-state index contributed by atoms with van der Waals surface area (Å²) in [6.07, 6.45) is 4.62. The Kier molecular flexibility index (Phi) is 4.70. The lowest BCUT2D eigenvalue weighted by Gasteiger charge is -2.26. The zero-order valence-corrected chi connectivity index (χ0v) is 13.0.